The molecule has 3 heteroatoms. The molecule has 15 heavy (non-hydrogen) atoms. The topological polar surface area (TPSA) is 42.4 Å². The number of rotatable bonds is 5. The fourth-order valence-corrected chi connectivity index (χ4v) is 2.05. The summed E-state index contributed by atoms with van der Waals surface area (Å²) in [6.45, 7) is 10.6. The summed E-state index contributed by atoms with van der Waals surface area (Å²) in [7, 11) is 0. The van der Waals surface area contributed by atoms with Gasteiger partial charge in [0.2, 0.25) is 0 Å². The number of likely N-dealkylation sites (N-methyl/N-ethyl adjacent to an activating group) is 1. The third-order valence-electron chi connectivity index (χ3n) is 3.19. The Morgan fingerprint density at radius 1 is 1.40 bits per heavy atom. The minimum absolute atomic E-state index is 0.0820. The Balaban J connectivity index is 2.85. The van der Waals surface area contributed by atoms with E-state index in [-0.39, 0.29) is 11.6 Å². The van der Waals surface area contributed by atoms with Crippen molar-refractivity contribution in [1.29, 1.82) is 0 Å². The van der Waals surface area contributed by atoms with Gasteiger partial charge in [-0.1, -0.05) is 13.8 Å². The minimum atomic E-state index is -0.0904. The fourth-order valence-electron chi connectivity index (χ4n) is 2.05. The number of furan rings is 1. The lowest BCUT2D eigenvalue weighted by Gasteiger charge is -2.40. The SMILES string of the molecule is CCN(CC)C(C)(C)C(N)c1ccco1. The first kappa shape index (κ1) is 12.3. The third-order valence-corrected chi connectivity index (χ3v) is 3.19. The van der Waals surface area contributed by atoms with Gasteiger partial charge in [0.15, 0.2) is 0 Å². The highest BCUT2D eigenvalue weighted by molar-refractivity contribution is 5.10. The molecule has 0 spiro atoms. The lowest BCUT2D eigenvalue weighted by atomic mass is 9.91. The molecule has 1 heterocycles. The fraction of sp³-hybridized carbons (Fsp3) is 0.667. The van der Waals surface area contributed by atoms with E-state index in [1.54, 1.807) is 6.26 Å². The van der Waals surface area contributed by atoms with Crippen LogP contribution in [0.4, 0.5) is 0 Å². The Labute approximate surface area is 92.2 Å². The molecule has 0 aliphatic heterocycles. The summed E-state index contributed by atoms with van der Waals surface area (Å²) >= 11 is 0. The van der Waals surface area contributed by atoms with Gasteiger partial charge >= 0.3 is 0 Å². The van der Waals surface area contributed by atoms with Gasteiger partial charge in [0.1, 0.15) is 5.76 Å². The summed E-state index contributed by atoms with van der Waals surface area (Å²) in [6.07, 6.45) is 1.67. The summed E-state index contributed by atoms with van der Waals surface area (Å²) in [6, 6.07) is 3.73. The monoisotopic (exact) mass is 210 g/mol. The van der Waals surface area contributed by atoms with Crippen LogP contribution in [-0.2, 0) is 0 Å². The molecule has 1 unspecified atom stereocenters. The van der Waals surface area contributed by atoms with Gasteiger partial charge < -0.3 is 10.2 Å². The molecule has 1 atom stereocenters. The zero-order valence-corrected chi connectivity index (χ0v) is 10.2. The van der Waals surface area contributed by atoms with Crippen LogP contribution in [0.3, 0.4) is 0 Å². The zero-order chi connectivity index (χ0) is 11.5. The Hall–Kier alpha value is -0.800. The highest BCUT2D eigenvalue weighted by Crippen LogP contribution is 2.28. The predicted octanol–water partition coefficient (Wildman–Crippen LogP) is 2.40. The van der Waals surface area contributed by atoms with Gasteiger partial charge in [0.25, 0.3) is 0 Å². The Morgan fingerprint density at radius 2 is 2.00 bits per heavy atom. The van der Waals surface area contributed by atoms with Gasteiger partial charge in [0.05, 0.1) is 12.3 Å². The molecule has 0 radical (unpaired) electrons. The van der Waals surface area contributed by atoms with E-state index in [0.29, 0.717) is 0 Å². The van der Waals surface area contributed by atoms with Crippen LogP contribution in [0.15, 0.2) is 22.8 Å². The molecule has 1 aromatic heterocycles. The average molecular weight is 210 g/mol. The smallest absolute Gasteiger partial charge is 0.122 e. The van der Waals surface area contributed by atoms with Crippen molar-refractivity contribution in [1.82, 2.24) is 4.90 Å². The molecule has 86 valence electrons. The summed E-state index contributed by atoms with van der Waals surface area (Å²) < 4.78 is 5.37. The van der Waals surface area contributed by atoms with Crippen molar-refractivity contribution in [3.05, 3.63) is 24.2 Å². The van der Waals surface area contributed by atoms with E-state index in [2.05, 4.69) is 32.6 Å². The van der Waals surface area contributed by atoms with Crippen LogP contribution in [0, 0.1) is 0 Å². The minimum Gasteiger partial charge on any atom is -0.468 e. The highest BCUT2D eigenvalue weighted by atomic mass is 16.3. The van der Waals surface area contributed by atoms with Crippen molar-refractivity contribution in [3.63, 3.8) is 0 Å². The Kier molecular flexibility index (Phi) is 3.94. The van der Waals surface area contributed by atoms with Crippen LogP contribution < -0.4 is 5.73 Å². The lowest BCUT2D eigenvalue weighted by molar-refractivity contribution is 0.0982. The van der Waals surface area contributed by atoms with Crippen LogP contribution in [0.2, 0.25) is 0 Å². The first-order valence-electron chi connectivity index (χ1n) is 5.58. The van der Waals surface area contributed by atoms with Gasteiger partial charge in [0, 0.05) is 5.54 Å². The molecular formula is C12H22N2O. The number of hydrogen-bond acceptors (Lipinski definition) is 3. The van der Waals surface area contributed by atoms with Crippen LogP contribution in [0.1, 0.15) is 39.5 Å². The molecule has 0 saturated heterocycles. The van der Waals surface area contributed by atoms with E-state index in [0.717, 1.165) is 18.8 Å². The maximum Gasteiger partial charge on any atom is 0.122 e. The molecule has 1 rings (SSSR count). The lowest BCUT2D eigenvalue weighted by Crippen LogP contribution is -2.51. The molecule has 0 saturated carbocycles. The van der Waals surface area contributed by atoms with Crippen molar-refractivity contribution >= 4 is 0 Å². The van der Waals surface area contributed by atoms with Crippen molar-refractivity contribution in [3.8, 4) is 0 Å². The molecule has 0 aliphatic carbocycles. The molecule has 0 aliphatic rings. The van der Waals surface area contributed by atoms with Gasteiger partial charge in [-0.05, 0) is 39.1 Å². The van der Waals surface area contributed by atoms with Crippen LogP contribution in [0.25, 0.3) is 0 Å². The number of nitrogens with zero attached hydrogens (tertiary/aromatic N) is 1. The first-order valence-corrected chi connectivity index (χ1v) is 5.58. The number of nitrogens with two attached hydrogens (primary N) is 1. The van der Waals surface area contributed by atoms with Crippen LogP contribution >= 0.6 is 0 Å². The van der Waals surface area contributed by atoms with Gasteiger partial charge in [-0.15, -0.1) is 0 Å². The molecule has 1 aromatic rings. The molecule has 0 fully saturated rings. The standard InChI is InChI=1S/C12H22N2O/c1-5-14(6-2)12(3,4)11(13)10-8-7-9-15-10/h7-9,11H,5-6,13H2,1-4H3. The second kappa shape index (κ2) is 4.81. The first-order chi connectivity index (χ1) is 7.04. The molecule has 3 nitrogen and oxygen atoms in total. The zero-order valence-electron chi connectivity index (χ0n) is 10.2. The molecule has 0 aromatic carbocycles. The van der Waals surface area contributed by atoms with Crippen molar-refractivity contribution in [2.24, 2.45) is 5.73 Å². The molecule has 0 amide bonds. The second-order valence-corrected chi connectivity index (χ2v) is 4.32. The van der Waals surface area contributed by atoms with E-state index in [1.807, 2.05) is 12.1 Å². The van der Waals surface area contributed by atoms with E-state index < -0.39 is 0 Å². The van der Waals surface area contributed by atoms with E-state index in [4.69, 9.17) is 10.2 Å². The normalized spacial score (nSPS) is 14.5. The summed E-state index contributed by atoms with van der Waals surface area (Å²) in [4.78, 5) is 2.35. The van der Waals surface area contributed by atoms with E-state index >= 15 is 0 Å². The largest absolute Gasteiger partial charge is 0.468 e. The average Bonchev–Trinajstić information content (AvgIpc) is 2.70. The van der Waals surface area contributed by atoms with Crippen LogP contribution in [0.5, 0.6) is 0 Å². The summed E-state index contributed by atoms with van der Waals surface area (Å²) in [5.74, 6) is 0.854. The van der Waals surface area contributed by atoms with E-state index in [1.165, 1.54) is 0 Å². The molecule has 0 bridgehead atoms. The maximum atomic E-state index is 6.23. The summed E-state index contributed by atoms with van der Waals surface area (Å²) in [5, 5.41) is 0. The van der Waals surface area contributed by atoms with E-state index in [9.17, 15) is 0 Å². The number of hydrogen-bond donors (Lipinski definition) is 1. The van der Waals surface area contributed by atoms with Crippen molar-refractivity contribution in [2.45, 2.75) is 39.3 Å². The maximum absolute atomic E-state index is 6.23. The quantitative estimate of drug-likeness (QED) is 0.811. The molecular weight excluding hydrogens is 188 g/mol. The molecule has 2 N–H and O–H groups in total. The van der Waals surface area contributed by atoms with Crippen molar-refractivity contribution < 1.29 is 4.42 Å². The predicted molar refractivity (Wildman–Crippen MR) is 62.6 cm³/mol. The van der Waals surface area contributed by atoms with Gasteiger partial charge in [-0.25, -0.2) is 0 Å². The van der Waals surface area contributed by atoms with Gasteiger partial charge in [-0.2, -0.15) is 0 Å². The van der Waals surface area contributed by atoms with Gasteiger partial charge in [-0.3, -0.25) is 4.90 Å². The summed E-state index contributed by atoms with van der Waals surface area (Å²) in [5.41, 5.74) is 6.15. The van der Waals surface area contributed by atoms with Crippen LogP contribution in [-0.4, -0.2) is 23.5 Å². The Bertz CT molecular complexity index is 276. The Morgan fingerprint density at radius 3 is 2.40 bits per heavy atom. The third kappa shape index (κ3) is 2.41. The highest BCUT2D eigenvalue weighted by Gasteiger charge is 2.33. The van der Waals surface area contributed by atoms with Crippen molar-refractivity contribution in [2.75, 3.05) is 13.1 Å². The second-order valence-electron chi connectivity index (χ2n) is 4.32.